The number of hydrogen-bond acceptors (Lipinski definition) is 4. The number of carbonyl (C=O) groups is 1. The maximum atomic E-state index is 13.7. The van der Waals surface area contributed by atoms with Crippen molar-refractivity contribution >= 4 is 39.7 Å². The molecule has 0 radical (unpaired) electrons. The molecule has 10 heteroatoms. The van der Waals surface area contributed by atoms with Crippen molar-refractivity contribution in [3.63, 3.8) is 0 Å². The number of halogens is 3. The van der Waals surface area contributed by atoms with E-state index in [9.17, 15) is 22.0 Å². The second kappa shape index (κ2) is 8.85. The molecule has 0 spiro atoms. The maximum absolute atomic E-state index is 13.7. The summed E-state index contributed by atoms with van der Waals surface area (Å²) in [5.41, 5.74) is 0.114. The molecule has 1 saturated heterocycles. The van der Waals surface area contributed by atoms with E-state index in [1.165, 1.54) is 24.3 Å². The van der Waals surface area contributed by atoms with E-state index < -0.39 is 21.7 Å². The van der Waals surface area contributed by atoms with Gasteiger partial charge in [-0.2, -0.15) is 0 Å². The highest BCUT2D eigenvalue weighted by atomic mass is 35.5. The Bertz CT molecular complexity index is 951. The molecule has 1 aliphatic rings. The zero-order valence-corrected chi connectivity index (χ0v) is 16.5. The van der Waals surface area contributed by atoms with Crippen molar-refractivity contribution in [2.45, 2.75) is 11.8 Å². The number of sulfonamides is 1. The van der Waals surface area contributed by atoms with Crippen LogP contribution in [0.4, 0.5) is 20.2 Å². The fourth-order valence-electron chi connectivity index (χ4n) is 2.63. The van der Waals surface area contributed by atoms with Gasteiger partial charge in [-0.3, -0.25) is 9.52 Å². The van der Waals surface area contributed by atoms with Crippen molar-refractivity contribution in [3.05, 3.63) is 54.1 Å². The van der Waals surface area contributed by atoms with Gasteiger partial charge in [-0.25, -0.2) is 17.2 Å². The van der Waals surface area contributed by atoms with Gasteiger partial charge < -0.3 is 10.6 Å². The molecular formula is C18H20ClF2N3O3S. The normalized spacial score (nSPS) is 15.1. The Labute approximate surface area is 168 Å². The van der Waals surface area contributed by atoms with Crippen molar-refractivity contribution in [2.24, 2.45) is 11.8 Å². The second-order valence-electron chi connectivity index (χ2n) is 6.45. The standard InChI is InChI=1S/C18H19F2N3O3S.ClH/c1-11(12-9-21-10-12)18(24)22-14-3-5-15(6-4-14)27(25,26)23-17-7-2-13(19)8-16(17)20;/h2-8,11-12,21,23H,9-10H2,1H3,(H,22,24);1H. The molecule has 2 aromatic carbocycles. The Hall–Kier alpha value is -2.23. The first-order valence-electron chi connectivity index (χ1n) is 8.36. The zero-order valence-electron chi connectivity index (χ0n) is 14.9. The van der Waals surface area contributed by atoms with E-state index in [1.54, 1.807) is 0 Å². The van der Waals surface area contributed by atoms with Gasteiger partial charge in [-0.05, 0) is 55.4 Å². The van der Waals surface area contributed by atoms with Gasteiger partial charge in [0.05, 0.1) is 10.6 Å². The minimum atomic E-state index is -4.05. The predicted octanol–water partition coefficient (Wildman–Crippen LogP) is 2.98. The summed E-state index contributed by atoms with van der Waals surface area (Å²) in [7, 11) is -4.05. The number of amides is 1. The van der Waals surface area contributed by atoms with Crippen LogP contribution in [0.5, 0.6) is 0 Å². The Morgan fingerprint density at radius 1 is 1.14 bits per heavy atom. The summed E-state index contributed by atoms with van der Waals surface area (Å²) in [6.45, 7) is 3.45. The second-order valence-corrected chi connectivity index (χ2v) is 8.13. The molecule has 6 nitrogen and oxygen atoms in total. The highest BCUT2D eigenvalue weighted by Crippen LogP contribution is 2.22. The van der Waals surface area contributed by atoms with E-state index in [1.807, 2.05) is 6.92 Å². The van der Waals surface area contributed by atoms with Crippen molar-refractivity contribution in [1.29, 1.82) is 0 Å². The first-order valence-corrected chi connectivity index (χ1v) is 9.84. The van der Waals surface area contributed by atoms with Gasteiger partial charge in [0.25, 0.3) is 10.0 Å². The minimum absolute atomic E-state index is 0. The molecule has 2 aromatic rings. The summed E-state index contributed by atoms with van der Waals surface area (Å²) in [6.07, 6.45) is 0. The lowest BCUT2D eigenvalue weighted by atomic mass is 9.88. The molecule has 1 aliphatic heterocycles. The van der Waals surface area contributed by atoms with Gasteiger partial charge in [0.15, 0.2) is 0 Å². The van der Waals surface area contributed by atoms with E-state index in [-0.39, 0.29) is 34.8 Å². The van der Waals surface area contributed by atoms with Gasteiger partial charge in [0.1, 0.15) is 11.6 Å². The van der Waals surface area contributed by atoms with Crippen molar-refractivity contribution in [2.75, 3.05) is 23.1 Å². The Kier molecular flexibility index (Phi) is 6.97. The Morgan fingerprint density at radius 2 is 1.79 bits per heavy atom. The van der Waals surface area contributed by atoms with E-state index >= 15 is 0 Å². The first-order chi connectivity index (χ1) is 12.8. The Balaban J connectivity index is 0.00000280. The fraction of sp³-hybridized carbons (Fsp3) is 0.278. The molecule has 152 valence electrons. The molecule has 0 aliphatic carbocycles. The summed E-state index contributed by atoms with van der Waals surface area (Å²) < 4.78 is 53.4. The molecule has 3 N–H and O–H groups in total. The third-order valence-electron chi connectivity index (χ3n) is 4.54. The number of anilines is 2. The van der Waals surface area contributed by atoms with Crippen LogP contribution >= 0.6 is 12.4 Å². The zero-order chi connectivity index (χ0) is 19.6. The number of carbonyl (C=O) groups excluding carboxylic acids is 1. The van der Waals surface area contributed by atoms with E-state index in [0.29, 0.717) is 17.7 Å². The smallest absolute Gasteiger partial charge is 0.261 e. The van der Waals surface area contributed by atoms with Gasteiger partial charge >= 0.3 is 0 Å². The third-order valence-corrected chi connectivity index (χ3v) is 5.92. The van der Waals surface area contributed by atoms with Gasteiger partial charge in [0.2, 0.25) is 5.91 Å². The molecular weight excluding hydrogens is 412 g/mol. The molecule has 1 fully saturated rings. The average molecular weight is 432 g/mol. The highest BCUT2D eigenvalue weighted by molar-refractivity contribution is 7.92. The summed E-state index contributed by atoms with van der Waals surface area (Å²) >= 11 is 0. The van der Waals surface area contributed by atoms with Crippen LogP contribution in [0.2, 0.25) is 0 Å². The van der Waals surface area contributed by atoms with Crippen LogP contribution in [-0.4, -0.2) is 27.4 Å². The summed E-state index contributed by atoms with van der Waals surface area (Å²) in [4.78, 5) is 12.1. The number of benzene rings is 2. The van der Waals surface area contributed by atoms with Crippen LogP contribution in [0, 0.1) is 23.5 Å². The molecule has 0 aromatic heterocycles. The fourth-order valence-corrected chi connectivity index (χ4v) is 3.70. The summed E-state index contributed by atoms with van der Waals surface area (Å²) in [6, 6.07) is 8.07. The quantitative estimate of drug-likeness (QED) is 0.656. The number of rotatable bonds is 6. The minimum Gasteiger partial charge on any atom is -0.326 e. The molecule has 3 rings (SSSR count). The van der Waals surface area contributed by atoms with E-state index in [2.05, 4.69) is 15.4 Å². The van der Waals surface area contributed by atoms with E-state index in [0.717, 1.165) is 25.2 Å². The monoisotopic (exact) mass is 431 g/mol. The predicted molar refractivity (Wildman–Crippen MR) is 105 cm³/mol. The van der Waals surface area contributed by atoms with Crippen molar-refractivity contribution in [3.8, 4) is 0 Å². The lowest BCUT2D eigenvalue weighted by molar-refractivity contribution is -0.121. The SMILES string of the molecule is CC(C(=O)Nc1ccc(S(=O)(=O)Nc2ccc(F)cc2F)cc1)C1CNC1.Cl. The molecule has 0 saturated carbocycles. The summed E-state index contributed by atoms with van der Waals surface area (Å²) in [5, 5.41) is 5.86. The van der Waals surface area contributed by atoms with Gasteiger partial charge in [-0.1, -0.05) is 6.92 Å². The summed E-state index contributed by atoms with van der Waals surface area (Å²) in [5.74, 6) is -1.81. The van der Waals surface area contributed by atoms with E-state index in [4.69, 9.17) is 0 Å². The maximum Gasteiger partial charge on any atom is 0.261 e. The van der Waals surface area contributed by atoms with Crippen LogP contribution in [0.1, 0.15) is 6.92 Å². The lowest BCUT2D eigenvalue weighted by Gasteiger charge is -2.31. The van der Waals surface area contributed by atoms with Crippen LogP contribution < -0.4 is 15.4 Å². The van der Waals surface area contributed by atoms with Crippen molar-refractivity contribution in [1.82, 2.24) is 5.32 Å². The molecule has 1 amide bonds. The van der Waals surface area contributed by atoms with Gasteiger partial charge in [-0.15, -0.1) is 12.4 Å². The lowest BCUT2D eigenvalue weighted by Crippen LogP contribution is -2.48. The number of nitrogens with one attached hydrogen (secondary N) is 3. The number of hydrogen-bond donors (Lipinski definition) is 3. The Morgan fingerprint density at radius 3 is 2.32 bits per heavy atom. The van der Waals surface area contributed by atoms with Gasteiger partial charge in [0, 0.05) is 17.7 Å². The average Bonchev–Trinajstić information content (AvgIpc) is 2.56. The molecule has 28 heavy (non-hydrogen) atoms. The third kappa shape index (κ3) is 4.98. The first kappa shape index (κ1) is 22.1. The van der Waals surface area contributed by atoms with Crippen LogP contribution in [0.3, 0.4) is 0 Å². The molecule has 1 heterocycles. The molecule has 1 atom stereocenters. The van der Waals surface area contributed by atoms with Crippen molar-refractivity contribution < 1.29 is 22.0 Å². The molecule has 0 bridgehead atoms. The topological polar surface area (TPSA) is 87.3 Å². The largest absolute Gasteiger partial charge is 0.326 e. The van der Waals surface area contributed by atoms with Crippen LogP contribution in [-0.2, 0) is 14.8 Å². The van der Waals surface area contributed by atoms with Crippen LogP contribution in [0.15, 0.2) is 47.4 Å². The highest BCUT2D eigenvalue weighted by Gasteiger charge is 2.28. The molecule has 1 unspecified atom stereocenters. The van der Waals surface area contributed by atoms with Crippen LogP contribution in [0.25, 0.3) is 0 Å².